The largest absolute Gasteiger partial charge is 0.271 e. The molecule has 2 unspecified atom stereocenters. The summed E-state index contributed by atoms with van der Waals surface area (Å²) in [6, 6.07) is 8.46. The van der Waals surface area contributed by atoms with Crippen molar-refractivity contribution in [3.63, 3.8) is 0 Å². The Labute approximate surface area is 127 Å². The van der Waals surface area contributed by atoms with E-state index in [-0.39, 0.29) is 6.04 Å². The second-order valence-corrected chi connectivity index (χ2v) is 6.36. The molecule has 4 rings (SSSR count). The van der Waals surface area contributed by atoms with Gasteiger partial charge in [0.15, 0.2) is 0 Å². The summed E-state index contributed by atoms with van der Waals surface area (Å²) in [7, 11) is 0. The van der Waals surface area contributed by atoms with Gasteiger partial charge < -0.3 is 0 Å². The van der Waals surface area contributed by atoms with Gasteiger partial charge in [-0.05, 0) is 47.5 Å². The number of nitrogens with one attached hydrogen (secondary N) is 1. The molecule has 106 valence electrons. The molecule has 0 radical (unpaired) electrons. The van der Waals surface area contributed by atoms with E-state index in [0.717, 1.165) is 23.9 Å². The van der Waals surface area contributed by atoms with Gasteiger partial charge in [-0.15, -0.1) is 11.3 Å². The van der Waals surface area contributed by atoms with E-state index in [1.54, 1.807) is 11.3 Å². The van der Waals surface area contributed by atoms with Crippen molar-refractivity contribution in [1.29, 1.82) is 0 Å². The summed E-state index contributed by atoms with van der Waals surface area (Å²) in [5.41, 5.74) is 7.68. The minimum absolute atomic E-state index is 0.0557. The van der Waals surface area contributed by atoms with Gasteiger partial charge in [-0.1, -0.05) is 6.07 Å². The predicted molar refractivity (Wildman–Crippen MR) is 85.0 cm³/mol. The van der Waals surface area contributed by atoms with Crippen molar-refractivity contribution in [2.75, 3.05) is 0 Å². The normalized spacial score (nSPS) is 18.8. The molecule has 0 fully saturated rings. The molecule has 0 bridgehead atoms. The van der Waals surface area contributed by atoms with E-state index < -0.39 is 0 Å². The van der Waals surface area contributed by atoms with E-state index in [0.29, 0.717) is 5.92 Å². The minimum atomic E-state index is 0.0557. The number of thiophene rings is 1. The molecule has 0 aromatic carbocycles. The number of fused-ring (bicyclic) bond motifs is 2. The first-order valence-corrected chi connectivity index (χ1v) is 7.98. The summed E-state index contributed by atoms with van der Waals surface area (Å²) >= 11 is 1.71. The zero-order chi connectivity index (χ0) is 14.2. The van der Waals surface area contributed by atoms with Crippen LogP contribution in [0, 0.1) is 0 Å². The van der Waals surface area contributed by atoms with Crippen LogP contribution < -0.4 is 11.3 Å². The van der Waals surface area contributed by atoms with E-state index in [1.807, 2.05) is 24.5 Å². The molecular weight excluding hydrogens is 280 g/mol. The van der Waals surface area contributed by atoms with Crippen molar-refractivity contribution in [2.45, 2.75) is 24.8 Å². The van der Waals surface area contributed by atoms with Gasteiger partial charge in [0.1, 0.15) is 0 Å². The smallest absolute Gasteiger partial charge is 0.0809 e. The lowest BCUT2D eigenvalue weighted by atomic mass is 9.92. The molecule has 0 saturated carbocycles. The fourth-order valence-electron chi connectivity index (χ4n) is 3.24. The van der Waals surface area contributed by atoms with Gasteiger partial charge in [-0.3, -0.25) is 21.2 Å². The van der Waals surface area contributed by atoms with Gasteiger partial charge in [-0.2, -0.15) is 0 Å². The summed E-state index contributed by atoms with van der Waals surface area (Å²) in [4.78, 5) is 9.11. The maximum Gasteiger partial charge on any atom is 0.0809 e. The molecule has 5 heteroatoms. The number of aryl methyl sites for hydroxylation is 1. The topological polar surface area (TPSA) is 63.8 Å². The number of hydrazine groups is 1. The lowest BCUT2D eigenvalue weighted by molar-refractivity contribution is 0.446. The molecule has 0 aliphatic heterocycles. The lowest BCUT2D eigenvalue weighted by Gasteiger charge is -2.23. The van der Waals surface area contributed by atoms with Gasteiger partial charge in [0.2, 0.25) is 0 Å². The summed E-state index contributed by atoms with van der Waals surface area (Å²) in [5, 5.41) is 2.07. The molecule has 0 spiro atoms. The molecule has 0 amide bonds. The van der Waals surface area contributed by atoms with E-state index in [9.17, 15) is 0 Å². The maximum atomic E-state index is 5.86. The Balaban J connectivity index is 1.75. The van der Waals surface area contributed by atoms with Gasteiger partial charge >= 0.3 is 0 Å². The third-order valence-electron chi connectivity index (χ3n) is 4.27. The molecule has 3 aromatic heterocycles. The first-order valence-electron chi connectivity index (χ1n) is 7.10. The quantitative estimate of drug-likeness (QED) is 0.576. The van der Waals surface area contributed by atoms with Gasteiger partial charge in [-0.25, -0.2) is 0 Å². The van der Waals surface area contributed by atoms with E-state index in [2.05, 4.69) is 32.9 Å². The Bertz CT molecular complexity index is 783. The number of pyridine rings is 2. The van der Waals surface area contributed by atoms with Gasteiger partial charge in [0.25, 0.3) is 0 Å². The molecule has 1 aliphatic rings. The van der Waals surface area contributed by atoms with Crippen molar-refractivity contribution in [3.8, 4) is 0 Å². The summed E-state index contributed by atoms with van der Waals surface area (Å²) < 4.78 is 1.20. The number of rotatable bonds is 3. The number of nitrogens with two attached hydrogens (primary N) is 1. The van der Waals surface area contributed by atoms with Crippen molar-refractivity contribution in [3.05, 3.63) is 58.9 Å². The highest BCUT2D eigenvalue weighted by molar-refractivity contribution is 7.17. The Morgan fingerprint density at radius 3 is 3.19 bits per heavy atom. The van der Waals surface area contributed by atoms with Crippen LogP contribution in [0.4, 0.5) is 0 Å². The van der Waals surface area contributed by atoms with E-state index >= 15 is 0 Å². The minimum Gasteiger partial charge on any atom is -0.271 e. The van der Waals surface area contributed by atoms with Gasteiger partial charge in [0, 0.05) is 24.0 Å². The van der Waals surface area contributed by atoms with Gasteiger partial charge in [0.05, 0.1) is 16.3 Å². The van der Waals surface area contributed by atoms with Crippen molar-refractivity contribution in [2.24, 2.45) is 5.84 Å². The van der Waals surface area contributed by atoms with Crippen molar-refractivity contribution in [1.82, 2.24) is 15.4 Å². The predicted octanol–water partition coefficient (Wildman–Crippen LogP) is 2.93. The fourth-order valence-corrected chi connectivity index (χ4v) is 4.03. The van der Waals surface area contributed by atoms with Crippen LogP contribution in [0.3, 0.4) is 0 Å². The highest BCUT2D eigenvalue weighted by Gasteiger charge is 2.31. The molecule has 2 atom stereocenters. The Morgan fingerprint density at radius 2 is 2.29 bits per heavy atom. The van der Waals surface area contributed by atoms with Crippen LogP contribution in [0.25, 0.3) is 10.2 Å². The van der Waals surface area contributed by atoms with E-state index in [4.69, 9.17) is 5.84 Å². The number of hydrogen-bond donors (Lipinski definition) is 2. The monoisotopic (exact) mass is 296 g/mol. The lowest BCUT2D eigenvalue weighted by Crippen LogP contribution is -2.32. The molecule has 3 heterocycles. The zero-order valence-corrected chi connectivity index (χ0v) is 12.3. The molecular formula is C16H16N4S. The second kappa shape index (κ2) is 5.18. The van der Waals surface area contributed by atoms with Crippen LogP contribution in [0.5, 0.6) is 0 Å². The summed E-state index contributed by atoms with van der Waals surface area (Å²) in [5.74, 6) is 6.17. The maximum absolute atomic E-state index is 5.86. The number of hydrogen-bond acceptors (Lipinski definition) is 5. The Morgan fingerprint density at radius 1 is 1.33 bits per heavy atom. The van der Waals surface area contributed by atoms with Crippen LogP contribution >= 0.6 is 11.3 Å². The van der Waals surface area contributed by atoms with Crippen molar-refractivity contribution < 1.29 is 0 Å². The second-order valence-electron chi connectivity index (χ2n) is 5.41. The summed E-state index contributed by atoms with van der Waals surface area (Å²) in [6.07, 6.45) is 5.94. The highest BCUT2D eigenvalue weighted by atomic mass is 32.1. The molecule has 21 heavy (non-hydrogen) atoms. The fraction of sp³-hybridized carbons (Fsp3) is 0.250. The first kappa shape index (κ1) is 12.9. The van der Waals surface area contributed by atoms with Crippen LogP contribution in [0.15, 0.2) is 42.0 Å². The third kappa shape index (κ3) is 2.14. The molecule has 3 N–H and O–H groups in total. The SMILES string of the molecule is NNC(c1cnc2ccsc2c1)C1CCc2cccnc21. The average molecular weight is 296 g/mol. The molecule has 1 aliphatic carbocycles. The third-order valence-corrected chi connectivity index (χ3v) is 5.12. The first-order chi connectivity index (χ1) is 10.4. The molecule has 4 nitrogen and oxygen atoms in total. The average Bonchev–Trinajstić information content (AvgIpc) is 3.15. The highest BCUT2D eigenvalue weighted by Crippen LogP contribution is 2.40. The van der Waals surface area contributed by atoms with E-state index in [1.165, 1.54) is 16.0 Å². The summed E-state index contributed by atoms with van der Waals surface area (Å²) in [6.45, 7) is 0. The number of aromatic nitrogens is 2. The van der Waals surface area contributed by atoms with Crippen LogP contribution in [-0.4, -0.2) is 9.97 Å². The zero-order valence-electron chi connectivity index (χ0n) is 11.5. The molecule has 3 aromatic rings. The van der Waals surface area contributed by atoms with Crippen molar-refractivity contribution >= 4 is 21.6 Å². The Kier molecular flexibility index (Phi) is 3.18. The standard InChI is InChI=1S/C16H16N4S/c17-20-16(11-8-14-13(19-9-11)5-7-21-14)12-4-3-10-2-1-6-18-15(10)12/h1-2,5-9,12,16,20H,3-4,17H2. The van der Waals surface area contributed by atoms with Crippen LogP contribution in [0.1, 0.15) is 35.2 Å². The Hall–Kier alpha value is -1.82. The van der Waals surface area contributed by atoms with Crippen LogP contribution in [-0.2, 0) is 6.42 Å². The van der Waals surface area contributed by atoms with Crippen LogP contribution in [0.2, 0.25) is 0 Å². The number of nitrogens with zero attached hydrogens (tertiary/aromatic N) is 2. The molecule has 0 saturated heterocycles.